The van der Waals surface area contributed by atoms with Crippen LogP contribution in [-0.4, -0.2) is 7.11 Å². The predicted molar refractivity (Wildman–Crippen MR) is 82.6 cm³/mol. The molecule has 0 aliphatic heterocycles. The molecule has 0 saturated heterocycles. The molecule has 2 aromatic rings. The maximum absolute atomic E-state index is 13.2. The maximum Gasteiger partial charge on any atom is 0.124 e. The number of rotatable bonds is 3. The van der Waals surface area contributed by atoms with Crippen LogP contribution in [0, 0.1) is 19.7 Å². The van der Waals surface area contributed by atoms with Crippen LogP contribution in [0.4, 0.5) is 4.39 Å². The van der Waals surface area contributed by atoms with E-state index in [0.29, 0.717) is 4.47 Å². The van der Waals surface area contributed by atoms with Crippen LogP contribution in [0.3, 0.4) is 0 Å². The molecule has 4 heteroatoms. The van der Waals surface area contributed by atoms with Crippen molar-refractivity contribution in [3.63, 3.8) is 0 Å². The Morgan fingerprint density at radius 2 is 1.90 bits per heavy atom. The Labute approximate surface area is 126 Å². The summed E-state index contributed by atoms with van der Waals surface area (Å²) in [6.07, 6.45) is 0. The predicted octanol–water partition coefficient (Wildman–Crippen LogP) is 4.26. The molecule has 0 bridgehead atoms. The minimum Gasteiger partial charge on any atom is -0.496 e. The van der Waals surface area contributed by atoms with Crippen LogP contribution in [0.25, 0.3) is 0 Å². The Morgan fingerprint density at radius 3 is 2.50 bits per heavy atom. The lowest BCUT2D eigenvalue weighted by atomic mass is 9.93. The van der Waals surface area contributed by atoms with Crippen molar-refractivity contribution in [3.8, 4) is 5.75 Å². The van der Waals surface area contributed by atoms with Crippen LogP contribution in [0.15, 0.2) is 34.8 Å². The molecule has 2 aromatic carbocycles. The maximum atomic E-state index is 13.2. The summed E-state index contributed by atoms with van der Waals surface area (Å²) in [6.45, 7) is 4.01. The molecule has 1 unspecified atom stereocenters. The summed E-state index contributed by atoms with van der Waals surface area (Å²) < 4.78 is 19.3. The van der Waals surface area contributed by atoms with Crippen molar-refractivity contribution in [1.82, 2.24) is 0 Å². The number of aryl methyl sites for hydroxylation is 2. The van der Waals surface area contributed by atoms with Gasteiger partial charge in [0.15, 0.2) is 0 Å². The van der Waals surface area contributed by atoms with Crippen LogP contribution in [0.5, 0.6) is 5.75 Å². The van der Waals surface area contributed by atoms with Gasteiger partial charge in [-0.05, 0) is 48.7 Å². The van der Waals surface area contributed by atoms with E-state index in [0.717, 1.165) is 28.0 Å². The second-order valence-electron chi connectivity index (χ2n) is 4.84. The smallest absolute Gasteiger partial charge is 0.124 e. The highest BCUT2D eigenvalue weighted by atomic mass is 79.9. The van der Waals surface area contributed by atoms with Crippen LogP contribution < -0.4 is 10.5 Å². The van der Waals surface area contributed by atoms with Crippen molar-refractivity contribution in [1.29, 1.82) is 0 Å². The second kappa shape index (κ2) is 5.94. The number of methoxy groups -OCH3 is 1. The van der Waals surface area contributed by atoms with Gasteiger partial charge in [-0.2, -0.15) is 0 Å². The van der Waals surface area contributed by atoms with E-state index in [4.69, 9.17) is 10.5 Å². The molecule has 20 heavy (non-hydrogen) atoms. The van der Waals surface area contributed by atoms with E-state index >= 15 is 0 Å². The zero-order valence-electron chi connectivity index (χ0n) is 11.7. The van der Waals surface area contributed by atoms with Gasteiger partial charge in [-0.25, -0.2) is 4.39 Å². The zero-order valence-corrected chi connectivity index (χ0v) is 13.3. The van der Waals surface area contributed by atoms with E-state index in [2.05, 4.69) is 22.0 Å². The Balaban J connectivity index is 2.55. The van der Waals surface area contributed by atoms with E-state index in [1.807, 2.05) is 19.9 Å². The highest BCUT2D eigenvalue weighted by molar-refractivity contribution is 9.10. The first-order valence-corrected chi connectivity index (χ1v) is 7.09. The quantitative estimate of drug-likeness (QED) is 0.907. The molecule has 0 spiro atoms. The van der Waals surface area contributed by atoms with Crippen molar-refractivity contribution < 1.29 is 9.13 Å². The van der Waals surface area contributed by atoms with Gasteiger partial charge in [0.05, 0.1) is 13.2 Å². The third kappa shape index (κ3) is 2.86. The fraction of sp³-hybridized carbons (Fsp3) is 0.250. The first-order chi connectivity index (χ1) is 9.43. The number of benzene rings is 2. The molecule has 0 saturated carbocycles. The molecule has 2 nitrogen and oxygen atoms in total. The Morgan fingerprint density at radius 1 is 1.20 bits per heavy atom. The summed E-state index contributed by atoms with van der Waals surface area (Å²) in [5.74, 6) is 0.464. The summed E-state index contributed by atoms with van der Waals surface area (Å²) in [5, 5.41) is 0. The van der Waals surface area contributed by atoms with Gasteiger partial charge in [0.25, 0.3) is 0 Å². The molecule has 2 N–H and O–H groups in total. The SMILES string of the molecule is COc1cc(C)cc(C)c1C(N)c1ccc(F)cc1Br. The summed E-state index contributed by atoms with van der Waals surface area (Å²) in [5.41, 5.74) is 10.3. The van der Waals surface area contributed by atoms with Crippen molar-refractivity contribution in [3.05, 3.63) is 62.9 Å². The lowest BCUT2D eigenvalue weighted by Crippen LogP contribution is -2.15. The van der Waals surface area contributed by atoms with Crippen molar-refractivity contribution in [2.45, 2.75) is 19.9 Å². The van der Waals surface area contributed by atoms with Crippen LogP contribution in [-0.2, 0) is 0 Å². The van der Waals surface area contributed by atoms with Crippen LogP contribution >= 0.6 is 15.9 Å². The molecule has 0 heterocycles. The molecular formula is C16H17BrFNO. The topological polar surface area (TPSA) is 35.2 Å². The normalized spacial score (nSPS) is 12.3. The van der Waals surface area contributed by atoms with Crippen molar-refractivity contribution >= 4 is 15.9 Å². The molecule has 0 radical (unpaired) electrons. The van der Waals surface area contributed by atoms with Gasteiger partial charge < -0.3 is 10.5 Å². The van der Waals surface area contributed by atoms with Gasteiger partial charge in [-0.15, -0.1) is 0 Å². The Kier molecular flexibility index (Phi) is 4.45. The molecule has 1 atom stereocenters. The van der Waals surface area contributed by atoms with E-state index in [9.17, 15) is 4.39 Å². The van der Waals surface area contributed by atoms with E-state index in [-0.39, 0.29) is 11.9 Å². The fourth-order valence-electron chi connectivity index (χ4n) is 2.42. The van der Waals surface area contributed by atoms with Gasteiger partial charge in [0, 0.05) is 10.0 Å². The van der Waals surface area contributed by atoms with Crippen LogP contribution in [0.2, 0.25) is 0 Å². The fourth-order valence-corrected chi connectivity index (χ4v) is 3.01. The molecule has 2 rings (SSSR count). The zero-order chi connectivity index (χ0) is 14.9. The van der Waals surface area contributed by atoms with Gasteiger partial charge in [0.2, 0.25) is 0 Å². The molecule has 0 aliphatic rings. The minimum absolute atomic E-state index is 0.291. The van der Waals surface area contributed by atoms with E-state index in [1.54, 1.807) is 13.2 Å². The van der Waals surface area contributed by atoms with Crippen molar-refractivity contribution in [2.75, 3.05) is 7.11 Å². The third-order valence-corrected chi connectivity index (χ3v) is 4.01. The molecular weight excluding hydrogens is 321 g/mol. The van der Waals surface area contributed by atoms with Gasteiger partial charge >= 0.3 is 0 Å². The molecule has 0 amide bonds. The second-order valence-corrected chi connectivity index (χ2v) is 5.70. The standard InChI is InChI=1S/C16H17BrFNO/c1-9-6-10(2)15(14(7-9)20-3)16(19)12-5-4-11(18)8-13(12)17/h4-8,16H,19H2,1-3H3. The summed E-state index contributed by atoms with van der Waals surface area (Å²) >= 11 is 3.37. The monoisotopic (exact) mass is 337 g/mol. The molecule has 0 aromatic heterocycles. The van der Waals surface area contributed by atoms with Crippen LogP contribution in [0.1, 0.15) is 28.3 Å². The molecule has 0 aliphatic carbocycles. The summed E-state index contributed by atoms with van der Waals surface area (Å²) in [7, 11) is 1.63. The first-order valence-electron chi connectivity index (χ1n) is 6.29. The highest BCUT2D eigenvalue weighted by Gasteiger charge is 2.19. The lowest BCUT2D eigenvalue weighted by molar-refractivity contribution is 0.407. The lowest BCUT2D eigenvalue weighted by Gasteiger charge is -2.20. The molecule has 106 valence electrons. The summed E-state index contributed by atoms with van der Waals surface area (Å²) in [6, 6.07) is 8.18. The molecule has 0 fully saturated rings. The van der Waals surface area contributed by atoms with Gasteiger partial charge in [-0.1, -0.05) is 28.1 Å². The minimum atomic E-state index is -0.375. The average molecular weight is 338 g/mol. The Hall–Kier alpha value is -1.39. The van der Waals surface area contributed by atoms with Crippen molar-refractivity contribution in [2.24, 2.45) is 5.73 Å². The number of nitrogens with two attached hydrogens (primary N) is 1. The summed E-state index contributed by atoms with van der Waals surface area (Å²) in [4.78, 5) is 0. The van der Waals surface area contributed by atoms with Gasteiger partial charge in [-0.3, -0.25) is 0 Å². The highest BCUT2D eigenvalue weighted by Crippen LogP contribution is 2.35. The van der Waals surface area contributed by atoms with E-state index < -0.39 is 0 Å². The van der Waals surface area contributed by atoms with E-state index in [1.165, 1.54) is 12.1 Å². The number of ether oxygens (including phenoxy) is 1. The number of hydrogen-bond acceptors (Lipinski definition) is 2. The first kappa shape index (κ1) is 15.0. The number of halogens is 2. The third-order valence-electron chi connectivity index (χ3n) is 3.32. The largest absolute Gasteiger partial charge is 0.496 e. The Bertz CT molecular complexity index is 643. The number of hydrogen-bond donors (Lipinski definition) is 1. The van der Waals surface area contributed by atoms with Gasteiger partial charge in [0.1, 0.15) is 11.6 Å². The average Bonchev–Trinajstić information content (AvgIpc) is 2.37.